The van der Waals surface area contributed by atoms with E-state index in [1.54, 1.807) is 48.2 Å². The summed E-state index contributed by atoms with van der Waals surface area (Å²) in [7, 11) is 4.40. The number of nitrogens with one attached hydrogen (secondary N) is 1. The summed E-state index contributed by atoms with van der Waals surface area (Å²) in [6.45, 7) is 0. The third kappa shape index (κ3) is 6.33. The molecule has 0 aliphatic heterocycles. The van der Waals surface area contributed by atoms with Crippen LogP contribution in [0.25, 0.3) is 0 Å². The summed E-state index contributed by atoms with van der Waals surface area (Å²) < 4.78 is 15.9. The molecule has 0 bridgehead atoms. The highest BCUT2D eigenvalue weighted by atomic mass is 32.2. The largest absolute Gasteiger partial charge is 0.493 e. The number of amides is 2. The molecule has 2 amide bonds. The second kappa shape index (κ2) is 12.3. The first-order chi connectivity index (χ1) is 15.4. The zero-order valence-corrected chi connectivity index (χ0v) is 19.9. The molecule has 8 nitrogen and oxygen atoms in total. The molecule has 0 saturated heterocycles. The van der Waals surface area contributed by atoms with Gasteiger partial charge >= 0.3 is 0 Å². The van der Waals surface area contributed by atoms with Gasteiger partial charge in [0.2, 0.25) is 16.8 Å². The van der Waals surface area contributed by atoms with Gasteiger partial charge in [-0.2, -0.15) is 11.8 Å². The predicted molar refractivity (Wildman–Crippen MR) is 126 cm³/mol. The fourth-order valence-electron chi connectivity index (χ4n) is 2.86. The molecule has 0 aromatic heterocycles. The zero-order chi connectivity index (χ0) is 23.7. The molecule has 32 heavy (non-hydrogen) atoms. The Labute approximate surface area is 195 Å². The zero-order valence-electron chi connectivity index (χ0n) is 18.3. The number of hydrogen-bond donors (Lipinski definition) is 2. The summed E-state index contributed by atoms with van der Waals surface area (Å²) in [5.74, 6) is 0.657. The highest BCUT2D eigenvalue weighted by Gasteiger charge is 2.23. The summed E-state index contributed by atoms with van der Waals surface area (Å²) in [6, 6.07) is 8.96. The van der Waals surface area contributed by atoms with Crippen molar-refractivity contribution < 1.29 is 28.6 Å². The number of hydrogen-bond acceptors (Lipinski definition) is 8. The van der Waals surface area contributed by atoms with Crippen LogP contribution in [0.1, 0.15) is 27.1 Å². The van der Waals surface area contributed by atoms with E-state index >= 15 is 0 Å². The normalized spacial score (nSPS) is 11.4. The van der Waals surface area contributed by atoms with Crippen LogP contribution in [-0.2, 0) is 4.79 Å². The number of carbonyl (C=O) groups excluding carboxylic acids is 3. The first kappa shape index (κ1) is 25.4. The molecule has 172 valence electrons. The molecule has 3 N–H and O–H groups in total. The van der Waals surface area contributed by atoms with E-state index in [1.165, 1.54) is 21.3 Å². The maximum absolute atomic E-state index is 13.0. The average Bonchev–Trinajstić information content (AvgIpc) is 2.80. The van der Waals surface area contributed by atoms with E-state index in [0.29, 0.717) is 39.9 Å². The summed E-state index contributed by atoms with van der Waals surface area (Å²) in [6.07, 6.45) is 2.32. The van der Waals surface area contributed by atoms with E-state index < -0.39 is 17.9 Å². The molecular weight excluding hydrogens is 452 g/mol. The maximum Gasteiger partial charge on any atom is 0.253 e. The van der Waals surface area contributed by atoms with Gasteiger partial charge in [0.05, 0.1) is 26.9 Å². The molecule has 0 aliphatic rings. The Bertz CT molecular complexity index is 958. The van der Waals surface area contributed by atoms with Gasteiger partial charge in [-0.15, -0.1) is 0 Å². The minimum Gasteiger partial charge on any atom is -0.493 e. The van der Waals surface area contributed by atoms with Gasteiger partial charge in [0, 0.05) is 10.5 Å². The van der Waals surface area contributed by atoms with E-state index in [4.69, 9.17) is 19.9 Å². The van der Waals surface area contributed by atoms with Crippen LogP contribution in [0.15, 0.2) is 41.3 Å². The minimum absolute atomic E-state index is 0.272. The van der Waals surface area contributed by atoms with Crippen molar-refractivity contribution in [3.63, 3.8) is 0 Å². The van der Waals surface area contributed by atoms with E-state index in [-0.39, 0.29) is 10.7 Å². The highest BCUT2D eigenvalue weighted by molar-refractivity contribution is 8.14. The molecule has 2 rings (SSSR count). The van der Waals surface area contributed by atoms with Crippen molar-refractivity contribution in [2.24, 2.45) is 5.73 Å². The smallest absolute Gasteiger partial charge is 0.253 e. The van der Waals surface area contributed by atoms with Crippen LogP contribution in [0.4, 0.5) is 0 Å². The van der Waals surface area contributed by atoms with Gasteiger partial charge in [-0.3, -0.25) is 14.4 Å². The molecule has 0 spiro atoms. The SMILES string of the molecule is COc1cc(C(=O)Sc2ccccc2C(=O)N[C@@H](CCSC)C(N)=O)cc(OC)c1OC. The second-order valence-electron chi connectivity index (χ2n) is 6.51. The van der Waals surface area contributed by atoms with Crippen LogP contribution in [0, 0.1) is 0 Å². The molecule has 0 unspecified atom stereocenters. The second-order valence-corrected chi connectivity index (χ2v) is 8.51. The molecular formula is C22H26N2O6S2. The van der Waals surface area contributed by atoms with E-state index in [2.05, 4.69) is 5.32 Å². The van der Waals surface area contributed by atoms with Crippen LogP contribution in [-0.4, -0.2) is 56.3 Å². The standard InChI is InChI=1S/C22H26N2O6S2/c1-28-16-11-13(12-17(29-2)19(16)30-3)22(27)32-18-8-6-5-7-14(18)21(26)24-15(20(23)25)9-10-31-4/h5-8,11-12,15H,9-10H2,1-4H3,(H2,23,25)(H,24,26)/t15-/m0/s1. The van der Waals surface area contributed by atoms with E-state index in [9.17, 15) is 14.4 Å². The minimum atomic E-state index is -0.793. The van der Waals surface area contributed by atoms with Crippen LogP contribution in [0.3, 0.4) is 0 Å². The summed E-state index contributed by atoms with van der Waals surface area (Å²) >= 11 is 2.44. The Hall–Kier alpha value is -2.85. The van der Waals surface area contributed by atoms with Gasteiger partial charge in [0.15, 0.2) is 11.5 Å². The van der Waals surface area contributed by atoms with Crippen molar-refractivity contribution in [2.75, 3.05) is 33.3 Å². The lowest BCUT2D eigenvalue weighted by Gasteiger charge is -2.16. The van der Waals surface area contributed by atoms with Crippen LogP contribution in [0.2, 0.25) is 0 Å². The quantitative estimate of drug-likeness (QED) is 0.474. The van der Waals surface area contributed by atoms with Crippen molar-refractivity contribution >= 4 is 40.5 Å². The molecule has 2 aromatic carbocycles. The first-order valence-electron chi connectivity index (χ1n) is 9.56. The fraction of sp³-hybridized carbons (Fsp3) is 0.318. The maximum atomic E-state index is 13.0. The third-order valence-electron chi connectivity index (χ3n) is 4.49. The summed E-state index contributed by atoms with van der Waals surface area (Å²) in [5.41, 5.74) is 6.01. The molecule has 0 saturated carbocycles. The van der Waals surface area contributed by atoms with Crippen molar-refractivity contribution in [3.8, 4) is 17.2 Å². The molecule has 0 radical (unpaired) electrons. The Balaban J connectivity index is 2.29. The van der Waals surface area contributed by atoms with E-state index in [0.717, 1.165) is 11.8 Å². The van der Waals surface area contributed by atoms with Gasteiger partial charge in [-0.1, -0.05) is 12.1 Å². The number of nitrogens with two attached hydrogens (primary N) is 1. The Morgan fingerprint density at radius 1 is 1.03 bits per heavy atom. The number of benzene rings is 2. The fourth-order valence-corrected chi connectivity index (χ4v) is 4.18. The third-order valence-corrected chi connectivity index (χ3v) is 6.14. The highest BCUT2D eigenvalue weighted by Crippen LogP contribution is 2.39. The number of ether oxygens (including phenoxy) is 3. The Kier molecular flexibility index (Phi) is 9.73. The van der Waals surface area contributed by atoms with Crippen LogP contribution >= 0.6 is 23.5 Å². The van der Waals surface area contributed by atoms with Gasteiger partial charge < -0.3 is 25.3 Å². The summed E-state index contributed by atoms with van der Waals surface area (Å²) in [4.78, 5) is 38.0. The van der Waals surface area contributed by atoms with Gasteiger partial charge in [-0.05, 0) is 54.5 Å². The van der Waals surface area contributed by atoms with Crippen molar-refractivity contribution in [1.82, 2.24) is 5.32 Å². The molecule has 0 fully saturated rings. The molecule has 2 aromatic rings. The van der Waals surface area contributed by atoms with Gasteiger partial charge in [-0.25, -0.2) is 0 Å². The molecule has 0 aliphatic carbocycles. The van der Waals surface area contributed by atoms with Crippen molar-refractivity contribution in [1.29, 1.82) is 0 Å². The lowest BCUT2D eigenvalue weighted by atomic mass is 10.1. The van der Waals surface area contributed by atoms with Crippen molar-refractivity contribution in [2.45, 2.75) is 17.4 Å². The average molecular weight is 479 g/mol. The van der Waals surface area contributed by atoms with Gasteiger partial charge in [0.25, 0.3) is 5.91 Å². The topological polar surface area (TPSA) is 117 Å². The van der Waals surface area contributed by atoms with Crippen LogP contribution < -0.4 is 25.3 Å². The summed E-state index contributed by atoms with van der Waals surface area (Å²) in [5, 5.41) is 2.34. The predicted octanol–water partition coefficient (Wildman–Crippen LogP) is 2.98. The molecule has 10 heteroatoms. The Morgan fingerprint density at radius 3 is 2.19 bits per heavy atom. The number of thioether (sulfide) groups is 2. The van der Waals surface area contributed by atoms with Crippen LogP contribution in [0.5, 0.6) is 17.2 Å². The lowest BCUT2D eigenvalue weighted by Crippen LogP contribution is -2.44. The lowest BCUT2D eigenvalue weighted by molar-refractivity contribution is -0.119. The Morgan fingerprint density at radius 2 is 1.66 bits per heavy atom. The van der Waals surface area contributed by atoms with Gasteiger partial charge in [0.1, 0.15) is 6.04 Å². The number of rotatable bonds is 11. The number of methoxy groups -OCH3 is 3. The number of primary amides is 1. The number of carbonyl (C=O) groups is 3. The van der Waals surface area contributed by atoms with E-state index in [1.807, 2.05) is 6.26 Å². The molecule has 1 atom stereocenters. The molecule has 0 heterocycles. The monoisotopic (exact) mass is 478 g/mol. The van der Waals surface area contributed by atoms with Crippen molar-refractivity contribution in [3.05, 3.63) is 47.5 Å². The first-order valence-corrected chi connectivity index (χ1v) is 11.8.